The molecule has 0 unspecified atom stereocenters. The molecule has 1 amide bonds. The zero-order valence-corrected chi connectivity index (χ0v) is 16.6. The highest BCUT2D eigenvalue weighted by Crippen LogP contribution is 2.20. The van der Waals surface area contributed by atoms with E-state index in [0.29, 0.717) is 30.2 Å². The van der Waals surface area contributed by atoms with Gasteiger partial charge in [0.15, 0.2) is 0 Å². The maximum absolute atomic E-state index is 12.6. The predicted octanol–water partition coefficient (Wildman–Crippen LogP) is 5.52. The first-order valence-electron chi connectivity index (χ1n) is 9.55. The van der Waals surface area contributed by atoms with Crippen LogP contribution in [0, 0.1) is 0 Å². The maximum atomic E-state index is 12.6. The first-order valence-corrected chi connectivity index (χ1v) is 9.55. The Balaban J connectivity index is 1.57. The first kappa shape index (κ1) is 20.2. The second-order valence-corrected chi connectivity index (χ2v) is 6.84. The van der Waals surface area contributed by atoms with E-state index in [2.05, 4.69) is 24.0 Å². The Morgan fingerprint density at radius 1 is 0.897 bits per heavy atom. The Kier molecular flexibility index (Phi) is 7.06. The molecule has 0 atom stereocenters. The molecule has 0 saturated carbocycles. The zero-order chi connectivity index (χ0) is 20.5. The van der Waals surface area contributed by atoms with Crippen molar-refractivity contribution in [3.63, 3.8) is 0 Å². The summed E-state index contributed by atoms with van der Waals surface area (Å²) in [7, 11) is 0. The SMILES string of the molecule is C=C(C)COc1cccc(C(=O)Nc2cccc(OCCc3ccccc3)c2)c1. The van der Waals surface area contributed by atoms with Crippen molar-refractivity contribution in [1.29, 1.82) is 0 Å². The molecular formula is C25H25NO3. The van der Waals surface area contributed by atoms with Crippen molar-refractivity contribution in [3.05, 3.63) is 102 Å². The average Bonchev–Trinajstić information content (AvgIpc) is 2.73. The summed E-state index contributed by atoms with van der Waals surface area (Å²) in [6, 6.07) is 24.7. The van der Waals surface area contributed by atoms with Crippen LogP contribution in [0.1, 0.15) is 22.8 Å². The molecule has 3 rings (SSSR count). The van der Waals surface area contributed by atoms with Gasteiger partial charge in [-0.25, -0.2) is 0 Å². The Morgan fingerprint density at radius 2 is 1.62 bits per heavy atom. The van der Waals surface area contributed by atoms with Gasteiger partial charge in [-0.05, 0) is 48.4 Å². The van der Waals surface area contributed by atoms with Crippen molar-refractivity contribution in [1.82, 2.24) is 0 Å². The molecule has 1 N–H and O–H groups in total. The molecule has 0 aliphatic carbocycles. The number of carbonyl (C=O) groups is 1. The first-order chi connectivity index (χ1) is 14.1. The van der Waals surface area contributed by atoms with Crippen LogP contribution in [-0.2, 0) is 6.42 Å². The third-order valence-corrected chi connectivity index (χ3v) is 4.18. The highest BCUT2D eigenvalue weighted by atomic mass is 16.5. The number of ether oxygens (including phenoxy) is 2. The van der Waals surface area contributed by atoms with E-state index in [1.807, 2.05) is 55.5 Å². The lowest BCUT2D eigenvalue weighted by atomic mass is 10.2. The van der Waals surface area contributed by atoms with Crippen molar-refractivity contribution in [3.8, 4) is 11.5 Å². The number of carbonyl (C=O) groups excluding carboxylic acids is 1. The molecule has 0 fully saturated rings. The van der Waals surface area contributed by atoms with Gasteiger partial charge in [0.25, 0.3) is 5.91 Å². The molecule has 0 radical (unpaired) electrons. The molecule has 4 nitrogen and oxygen atoms in total. The Labute approximate surface area is 171 Å². The molecule has 0 heterocycles. The summed E-state index contributed by atoms with van der Waals surface area (Å²) in [5.41, 5.74) is 3.36. The third-order valence-electron chi connectivity index (χ3n) is 4.18. The molecule has 0 aliphatic heterocycles. The Morgan fingerprint density at radius 3 is 2.38 bits per heavy atom. The Bertz CT molecular complexity index is 967. The summed E-state index contributed by atoms with van der Waals surface area (Å²) in [5, 5.41) is 2.91. The van der Waals surface area contributed by atoms with E-state index in [4.69, 9.17) is 9.47 Å². The summed E-state index contributed by atoms with van der Waals surface area (Å²) in [6.07, 6.45) is 0.828. The fourth-order valence-corrected chi connectivity index (χ4v) is 2.73. The van der Waals surface area contributed by atoms with Crippen LogP contribution >= 0.6 is 0 Å². The quantitative estimate of drug-likeness (QED) is 0.492. The van der Waals surface area contributed by atoms with E-state index in [9.17, 15) is 4.79 Å². The van der Waals surface area contributed by atoms with Crippen molar-refractivity contribution < 1.29 is 14.3 Å². The molecule has 29 heavy (non-hydrogen) atoms. The van der Waals surface area contributed by atoms with E-state index in [0.717, 1.165) is 17.7 Å². The normalized spacial score (nSPS) is 10.2. The molecule has 3 aromatic rings. The number of benzene rings is 3. The highest BCUT2D eigenvalue weighted by Gasteiger charge is 2.08. The van der Waals surface area contributed by atoms with Gasteiger partial charge in [0, 0.05) is 23.7 Å². The zero-order valence-electron chi connectivity index (χ0n) is 16.6. The van der Waals surface area contributed by atoms with Gasteiger partial charge < -0.3 is 14.8 Å². The van der Waals surface area contributed by atoms with Crippen LogP contribution in [-0.4, -0.2) is 19.1 Å². The minimum atomic E-state index is -0.202. The molecule has 3 aromatic carbocycles. The van der Waals surface area contributed by atoms with Gasteiger partial charge in [-0.1, -0.05) is 49.0 Å². The predicted molar refractivity (Wildman–Crippen MR) is 117 cm³/mol. The van der Waals surface area contributed by atoms with Gasteiger partial charge in [-0.2, -0.15) is 0 Å². The van der Waals surface area contributed by atoms with Gasteiger partial charge in [0.2, 0.25) is 0 Å². The number of nitrogens with one attached hydrogen (secondary N) is 1. The summed E-state index contributed by atoms with van der Waals surface area (Å²) in [5.74, 6) is 1.16. The fourth-order valence-electron chi connectivity index (χ4n) is 2.73. The van der Waals surface area contributed by atoms with Crippen molar-refractivity contribution in [2.45, 2.75) is 13.3 Å². The molecular weight excluding hydrogens is 362 g/mol. The fraction of sp³-hybridized carbons (Fsp3) is 0.160. The minimum absolute atomic E-state index is 0.202. The number of amides is 1. The summed E-state index contributed by atoms with van der Waals surface area (Å²) in [4.78, 5) is 12.6. The van der Waals surface area contributed by atoms with Crippen LogP contribution in [0.4, 0.5) is 5.69 Å². The van der Waals surface area contributed by atoms with Gasteiger partial charge in [-0.15, -0.1) is 0 Å². The van der Waals surface area contributed by atoms with Crippen LogP contribution in [0.15, 0.2) is 91.0 Å². The lowest BCUT2D eigenvalue weighted by Crippen LogP contribution is -2.12. The van der Waals surface area contributed by atoms with E-state index in [1.165, 1.54) is 5.56 Å². The maximum Gasteiger partial charge on any atom is 0.255 e. The van der Waals surface area contributed by atoms with Gasteiger partial charge in [-0.3, -0.25) is 4.79 Å². The van der Waals surface area contributed by atoms with Crippen LogP contribution < -0.4 is 14.8 Å². The van der Waals surface area contributed by atoms with E-state index >= 15 is 0 Å². The van der Waals surface area contributed by atoms with E-state index < -0.39 is 0 Å². The largest absolute Gasteiger partial charge is 0.493 e. The second kappa shape index (κ2) is 10.1. The molecule has 0 bridgehead atoms. The lowest BCUT2D eigenvalue weighted by molar-refractivity contribution is 0.102. The molecule has 0 aliphatic rings. The van der Waals surface area contributed by atoms with E-state index in [-0.39, 0.29) is 5.91 Å². The third kappa shape index (κ3) is 6.54. The van der Waals surface area contributed by atoms with Crippen LogP contribution in [0.3, 0.4) is 0 Å². The second-order valence-electron chi connectivity index (χ2n) is 6.84. The minimum Gasteiger partial charge on any atom is -0.493 e. The van der Waals surface area contributed by atoms with Gasteiger partial charge in [0.05, 0.1) is 6.61 Å². The topological polar surface area (TPSA) is 47.6 Å². The molecule has 148 valence electrons. The molecule has 4 heteroatoms. The molecule has 0 aromatic heterocycles. The Hall–Kier alpha value is -3.53. The van der Waals surface area contributed by atoms with Crippen molar-refractivity contribution >= 4 is 11.6 Å². The summed E-state index contributed by atoms with van der Waals surface area (Å²) >= 11 is 0. The van der Waals surface area contributed by atoms with Gasteiger partial charge >= 0.3 is 0 Å². The average molecular weight is 387 g/mol. The number of rotatable bonds is 9. The summed E-state index contributed by atoms with van der Waals surface area (Å²) in [6.45, 7) is 6.71. The molecule has 0 spiro atoms. The highest BCUT2D eigenvalue weighted by molar-refractivity contribution is 6.04. The van der Waals surface area contributed by atoms with Crippen molar-refractivity contribution in [2.24, 2.45) is 0 Å². The number of hydrogen-bond acceptors (Lipinski definition) is 3. The standard InChI is InChI=1S/C25H25NO3/c1-19(2)18-29-23-12-6-10-21(16-23)25(27)26-22-11-7-13-24(17-22)28-15-14-20-8-4-3-5-9-20/h3-13,16-17H,1,14-15,18H2,2H3,(H,26,27). The smallest absolute Gasteiger partial charge is 0.255 e. The van der Waals surface area contributed by atoms with Crippen LogP contribution in [0.25, 0.3) is 0 Å². The molecule has 0 saturated heterocycles. The lowest BCUT2D eigenvalue weighted by Gasteiger charge is -2.10. The van der Waals surface area contributed by atoms with Crippen LogP contribution in [0.2, 0.25) is 0 Å². The summed E-state index contributed by atoms with van der Waals surface area (Å²) < 4.78 is 11.4. The van der Waals surface area contributed by atoms with E-state index in [1.54, 1.807) is 18.2 Å². The van der Waals surface area contributed by atoms with Crippen molar-refractivity contribution in [2.75, 3.05) is 18.5 Å². The number of hydrogen-bond donors (Lipinski definition) is 1. The number of anilines is 1. The van der Waals surface area contributed by atoms with Crippen LogP contribution in [0.5, 0.6) is 11.5 Å². The van der Waals surface area contributed by atoms with Gasteiger partial charge in [0.1, 0.15) is 18.1 Å². The monoisotopic (exact) mass is 387 g/mol.